The molecule has 8 nitrogen and oxygen atoms in total. The fraction of sp³-hybridized carbons (Fsp3) is 0.842. The van der Waals surface area contributed by atoms with E-state index in [-0.39, 0.29) is 0 Å². The Bertz CT molecular complexity index is 595. The molecule has 0 aliphatic carbocycles. The number of aliphatic imine (C=N–C) groups is 1. The number of fused-ring (bicyclic) bond motifs is 1. The summed E-state index contributed by atoms with van der Waals surface area (Å²) in [6.07, 6.45) is 6.85. The van der Waals surface area contributed by atoms with Crippen LogP contribution in [-0.4, -0.2) is 71.7 Å². The molecule has 0 aromatic carbocycles. The maximum Gasteiger partial charge on any atom is 0.194 e. The second kappa shape index (κ2) is 10.6. The van der Waals surface area contributed by atoms with Crippen LogP contribution in [0.5, 0.6) is 0 Å². The summed E-state index contributed by atoms with van der Waals surface area (Å²) < 4.78 is 13.3. The van der Waals surface area contributed by atoms with Gasteiger partial charge in [-0.25, -0.2) is 4.99 Å². The van der Waals surface area contributed by atoms with Crippen LogP contribution >= 0.6 is 0 Å². The van der Waals surface area contributed by atoms with E-state index in [2.05, 4.69) is 31.9 Å². The third-order valence-electron chi connectivity index (χ3n) is 5.23. The highest BCUT2D eigenvalue weighted by atomic mass is 16.5. The summed E-state index contributed by atoms with van der Waals surface area (Å²) in [4.78, 5) is 7.19. The third kappa shape index (κ3) is 5.65. The Labute approximate surface area is 162 Å². The van der Waals surface area contributed by atoms with Gasteiger partial charge in [0.2, 0.25) is 0 Å². The first-order valence-corrected chi connectivity index (χ1v) is 10.4. The van der Waals surface area contributed by atoms with Crippen LogP contribution in [0.15, 0.2) is 4.99 Å². The molecular formula is C19H34N6O2. The lowest BCUT2D eigenvalue weighted by Crippen LogP contribution is -2.47. The van der Waals surface area contributed by atoms with E-state index < -0.39 is 0 Å². The molecule has 2 aliphatic heterocycles. The number of piperidine rings is 1. The van der Waals surface area contributed by atoms with Gasteiger partial charge in [-0.1, -0.05) is 0 Å². The van der Waals surface area contributed by atoms with Gasteiger partial charge in [-0.05, 0) is 39.0 Å². The number of hydrogen-bond acceptors (Lipinski definition) is 5. The number of nitrogens with zero attached hydrogens (tertiary/aromatic N) is 5. The van der Waals surface area contributed by atoms with Crippen LogP contribution in [0.25, 0.3) is 0 Å². The summed E-state index contributed by atoms with van der Waals surface area (Å²) in [5.41, 5.74) is 0. The Kier molecular flexibility index (Phi) is 7.89. The zero-order chi connectivity index (χ0) is 18.9. The number of ether oxygens (including phenoxy) is 2. The molecule has 8 heteroatoms. The summed E-state index contributed by atoms with van der Waals surface area (Å²) in [5, 5.41) is 12.1. The van der Waals surface area contributed by atoms with Crippen LogP contribution in [0, 0.1) is 0 Å². The number of likely N-dealkylation sites (tertiary alicyclic amines) is 1. The molecule has 1 fully saturated rings. The Morgan fingerprint density at radius 1 is 1.19 bits per heavy atom. The quantitative estimate of drug-likeness (QED) is 0.421. The number of aromatic nitrogens is 3. The molecule has 0 bridgehead atoms. The second-order valence-corrected chi connectivity index (χ2v) is 7.21. The molecule has 2 aliphatic rings. The zero-order valence-electron chi connectivity index (χ0n) is 16.8. The Morgan fingerprint density at radius 3 is 2.81 bits per heavy atom. The van der Waals surface area contributed by atoms with Crippen molar-refractivity contribution in [3.8, 4) is 0 Å². The normalized spacial score (nSPS) is 18.6. The number of guanidine groups is 1. The molecule has 1 aromatic rings. The summed E-state index contributed by atoms with van der Waals surface area (Å²) in [5.74, 6) is 3.07. The maximum absolute atomic E-state index is 5.97. The highest BCUT2D eigenvalue weighted by Crippen LogP contribution is 2.16. The molecule has 0 radical (unpaired) electrons. The minimum Gasteiger partial charge on any atom is -0.385 e. The van der Waals surface area contributed by atoms with Crippen molar-refractivity contribution in [3.63, 3.8) is 0 Å². The van der Waals surface area contributed by atoms with Crippen LogP contribution in [0.1, 0.15) is 50.7 Å². The molecule has 0 spiro atoms. The zero-order valence-corrected chi connectivity index (χ0v) is 16.8. The van der Waals surface area contributed by atoms with E-state index in [1.807, 2.05) is 0 Å². The predicted octanol–water partition coefficient (Wildman–Crippen LogP) is 1.60. The standard InChI is InChI=1S/C19H34N6O2/c1-3-20-19(21-15-18-23-22-17-7-4-5-10-25(17)18)24-11-8-16(9-12-24)27-14-6-13-26-2/h16H,3-15H2,1-2H3,(H,20,21). The lowest BCUT2D eigenvalue weighted by molar-refractivity contribution is 0.00990. The molecule has 0 saturated carbocycles. The molecule has 1 N–H and O–H groups in total. The van der Waals surface area contributed by atoms with E-state index in [0.29, 0.717) is 12.6 Å². The van der Waals surface area contributed by atoms with Crippen molar-refractivity contribution in [2.75, 3.05) is 40.0 Å². The van der Waals surface area contributed by atoms with E-state index in [1.165, 1.54) is 12.8 Å². The first-order chi connectivity index (χ1) is 13.3. The second-order valence-electron chi connectivity index (χ2n) is 7.21. The van der Waals surface area contributed by atoms with Crippen LogP contribution in [0.3, 0.4) is 0 Å². The van der Waals surface area contributed by atoms with E-state index in [0.717, 1.165) is 82.7 Å². The minimum absolute atomic E-state index is 0.351. The van der Waals surface area contributed by atoms with Crippen LogP contribution < -0.4 is 5.32 Å². The number of hydrogen-bond donors (Lipinski definition) is 1. The smallest absolute Gasteiger partial charge is 0.194 e. The van der Waals surface area contributed by atoms with E-state index >= 15 is 0 Å². The average Bonchev–Trinajstić information content (AvgIpc) is 3.12. The fourth-order valence-corrected chi connectivity index (χ4v) is 3.74. The molecule has 0 atom stereocenters. The molecule has 27 heavy (non-hydrogen) atoms. The number of nitrogens with one attached hydrogen (secondary N) is 1. The topological polar surface area (TPSA) is 76.8 Å². The van der Waals surface area contributed by atoms with Crippen LogP contribution in [0.2, 0.25) is 0 Å². The van der Waals surface area contributed by atoms with Gasteiger partial charge in [-0.2, -0.15) is 0 Å². The number of methoxy groups -OCH3 is 1. The van der Waals surface area contributed by atoms with E-state index in [9.17, 15) is 0 Å². The summed E-state index contributed by atoms with van der Waals surface area (Å²) in [7, 11) is 1.73. The van der Waals surface area contributed by atoms with Gasteiger partial charge in [0.1, 0.15) is 12.4 Å². The van der Waals surface area contributed by atoms with Gasteiger partial charge in [0.25, 0.3) is 0 Å². The van der Waals surface area contributed by atoms with Gasteiger partial charge in [0.05, 0.1) is 6.10 Å². The predicted molar refractivity (Wildman–Crippen MR) is 105 cm³/mol. The van der Waals surface area contributed by atoms with E-state index in [1.54, 1.807) is 7.11 Å². The van der Waals surface area contributed by atoms with Crippen molar-refractivity contribution in [2.45, 2.75) is 64.6 Å². The van der Waals surface area contributed by atoms with Gasteiger partial charge in [0, 0.05) is 52.9 Å². The van der Waals surface area contributed by atoms with Crippen molar-refractivity contribution in [1.82, 2.24) is 25.0 Å². The summed E-state index contributed by atoms with van der Waals surface area (Å²) in [6, 6.07) is 0. The Morgan fingerprint density at radius 2 is 2.04 bits per heavy atom. The highest BCUT2D eigenvalue weighted by molar-refractivity contribution is 5.80. The molecule has 152 valence electrons. The molecule has 3 rings (SSSR count). The van der Waals surface area contributed by atoms with Gasteiger partial charge in [-0.3, -0.25) is 0 Å². The van der Waals surface area contributed by atoms with Crippen molar-refractivity contribution in [3.05, 3.63) is 11.6 Å². The lowest BCUT2D eigenvalue weighted by atomic mass is 10.1. The average molecular weight is 379 g/mol. The van der Waals surface area contributed by atoms with Gasteiger partial charge in [0.15, 0.2) is 11.8 Å². The summed E-state index contributed by atoms with van der Waals surface area (Å²) >= 11 is 0. The summed E-state index contributed by atoms with van der Waals surface area (Å²) in [6.45, 7) is 8.08. The largest absolute Gasteiger partial charge is 0.385 e. The molecule has 1 aromatic heterocycles. The Balaban J connectivity index is 1.51. The van der Waals surface area contributed by atoms with Crippen molar-refractivity contribution >= 4 is 5.96 Å². The number of rotatable bonds is 8. The van der Waals surface area contributed by atoms with Crippen molar-refractivity contribution in [1.29, 1.82) is 0 Å². The van der Waals surface area contributed by atoms with E-state index in [4.69, 9.17) is 14.5 Å². The van der Waals surface area contributed by atoms with Crippen molar-refractivity contribution < 1.29 is 9.47 Å². The number of aryl methyl sites for hydroxylation is 1. The molecule has 1 saturated heterocycles. The highest BCUT2D eigenvalue weighted by Gasteiger charge is 2.22. The monoisotopic (exact) mass is 378 g/mol. The van der Waals surface area contributed by atoms with Crippen LogP contribution in [0.4, 0.5) is 0 Å². The first-order valence-electron chi connectivity index (χ1n) is 10.4. The van der Waals surface area contributed by atoms with Gasteiger partial charge in [-0.15, -0.1) is 10.2 Å². The molecule has 3 heterocycles. The minimum atomic E-state index is 0.351. The van der Waals surface area contributed by atoms with Gasteiger partial charge >= 0.3 is 0 Å². The van der Waals surface area contributed by atoms with Crippen LogP contribution in [-0.2, 0) is 29.0 Å². The maximum atomic E-state index is 5.97. The molecular weight excluding hydrogens is 344 g/mol. The SMILES string of the molecule is CCNC(=NCc1nnc2n1CCCC2)N1CCC(OCCCOC)CC1. The Hall–Kier alpha value is -1.67. The van der Waals surface area contributed by atoms with Gasteiger partial charge < -0.3 is 24.3 Å². The fourth-order valence-electron chi connectivity index (χ4n) is 3.74. The molecule has 0 unspecified atom stereocenters. The third-order valence-corrected chi connectivity index (χ3v) is 5.23. The molecule has 0 amide bonds. The lowest BCUT2D eigenvalue weighted by Gasteiger charge is -2.34. The van der Waals surface area contributed by atoms with Crippen molar-refractivity contribution in [2.24, 2.45) is 4.99 Å². The first kappa shape index (κ1) is 20.1.